The van der Waals surface area contributed by atoms with E-state index in [1.165, 1.54) is 5.56 Å². The summed E-state index contributed by atoms with van der Waals surface area (Å²) in [6.07, 6.45) is 1.72. The number of nitrogens with one attached hydrogen (secondary N) is 2. The first-order valence-electron chi connectivity index (χ1n) is 6.94. The molecule has 112 valence electrons. The van der Waals surface area contributed by atoms with Crippen LogP contribution < -0.4 is 10.6 Å². The van der Waals surface area contributed by atoms with E-state index in [2.05, 4.69) is 27.8 Å². The van der Waals surface area contributed by atoms with Crippen LogP contribution in [-0.4, -0.2) is 18.1 Å². The van der Waals surface area contributed by atoms with Gasteiger partial charge in [-0.25, -0.2) is 13.8 Å². The van der Waals surface area contributed by atoms with Gasteiger partial charge in [0.1, 0.15) is 0 Å². The van der Waals surface area contributed by atoms with Crippen LogP contribution in [0, 0.1) is 11.6 Å². The molecule has 0 aliphatic carbocycles. The van der Waals surface area contributed by atoms with Crippen molar-refractivity contribution in [3.8, 4) is 0 Å². The van der Waals surface area contributed by atoms with Crippen molar-refractivity contribution in [2.24, 2.45) is 0 Å². The lowest BCUT2D eigenvalue weighted by molar-refractivity contribution is 0.574. The number of rotatable bonds is 6. The fraction of sp³-hybridized carbons (Fsp3) is 0.312. The summed E-state index contributed by atoms with van der Waals surface area (Å²) in [5.74, 6) is -1.27. The molecule has 2 rings (SSSR count). The summed E-state index contributed by atoms with van der Waals surface area (Å²) in [5, 5.41) is 5.59. The highest BCUT2D eigenvalue weighted by atomic mass is 19.1. The molecule has 1 heterocycles. The normalized spacial score (nSPS) is 12.0. The molecule has 0 aliphatic heterocycles. The maximum absolute atomic E-state index is 13.7. The third kappa shape index (κ3) is 4.15. The average molecular weight is 291 g/mol. The molecule has 2 N–H and O–H groups in total. The van der Waals surface area contributed by atoms with E-state index in [-0.39, 0.29) is 17.7 Å². The Morgan fingerprint density at radius 1 is 1.10 bits per heavy atom. The maximum atomic E-state index is 13.7. The van der Waals surface area contributed by atoms with Crippen molar-refractivity contribution in [3.05, 3.63) is 53.6 Å². The molecule has 0 spiro atoms. The van der Waals surface area contributed by atoms with Crippen LogP contribution in [-0.2, 0) is 6.42 Å². The quantitative estimate of drug-likeness (QED) is 0.849. The van der Waals surface area contributed by atoms with E-state index in [9.17, 15) is 8.78 Å². The summed E-state index contributed by atoms with van der Waals surface area (Å²) in [6.45, 7) is 1.95. The summed E-state index contributed by atoms with van der Waals surface area (Å²) >= 11 is 0. The minimum atomic E-state index is -0.697. The lowest BCUT2D eigenvalue weighted by Crippen LogP contribution is -2.18. The van der Waals surface area contributed by atoms with E-state index in [0.29, 0.717) is 0 Å². The molecule has 2 aromatic rings. The first-order valence-corrected chi connectivity index (χ1v) is 6.94. The smallest absolute Gasteiger partial charge is 0.168 e. The second-order valence-corrected chi connectivity index (χ2v) is 4.97. The molecule has 21 heavy (non-hydrogen) atoms. The first-order chi connectivity index (χ1) is 10.1. The van der Waals surface area contributed by atoms with Gasteiger partial charge in [-0.1, -0.05) is 30.3 Å². The molecule has 0 amide bonds. The van der Waals surface area contributed by atoms with E-state index in [1.54, 1.807) is 7.05 Å². The molecule has 0 fully saturated rings. The van der Waals surface area contributed by atoms with Gasteiger partial charge in [-0.15, -0.1) is 0 Å². The van der Waals surface area contributed by atoms with Crippen LogP contribution in [0.25, 0.3) is 0 Å². The Morgan fingerprint density at radius 3 is 2.43 bits per heavy atom. The summed E-state index contributed by atoms with van der Waals surface area (Å²) in [4.78, 5) is 3.91. The van der Waals surface area contributed by atoms with E-state index in [4.69, 9.17) is 0 Å². The van der Waals surface area contributed by atoms with Crippen molar-refractivity contribution in [2.45, 2.75) is 25.8 Å². The first kappa shape index (κ1) is 15.2. The summed E-state index contributed by atoms with van der Waals surface area (Å²) in [6, 6.07) is 10.9. The molecule has 1 unspecified atom stereocenters. The SMILES string of the molecule is CNc1nc(NC(C)CCc2ccccc2)c(F)cc1F. The van der Waals surface area contributed by atoms with Crippen molar-refractivity contribution < 1.29 is 8.78 Å². The van der Waals surface area contributed by atoms with E-state index in [1.807, 2.05) is 25.1 Å². The standard InChI is InChI=1S/C16H19F2N3/c1-11(8-9-12-6-4-3-5-7-12)20-16-14(18)10-13(17)15(19-2)21-16/h3-7,10-11H,8-9H2,1-2H3,(H2,19,20,21). The van der Waals surface area contributed by atoms with Crippen molar-refractivity contribution in [1.29, 1.82) is 0 Å². The monoisotopic (exact) mass is 291 g/mol. The van der Waals surface area contributed by atoms with Gasteiger partial charge >= 0.3 is 0 Å². The van der Waals surface area contributed by atoms with Crippen LogP contribution in [0.15, 0.2) is 36.4 Å². The van der Waals surface area contributed by atoms with Gasteiger partial charge in [-0.2, -0.15) is 0 Å². The predicted octanol–water partition coefficient (Wildman–Crippen LogP) is 3.83. The highest BCUT2D eigenvalue weighted by Crippen LogP contribution is 2.20. The molecule has 1 atom stereocenters. The number of hydrogen-bond acceptors (Lipinski definition) is 3. The van der Waals surface area contributed by atoms with Gasteiger partial charge in [-0.3, -0.25) is 0 Å². The molecule has 0 saturated carbocycles. The molecule has 5 heteroatoms. The van der Waals surface area contributed by atoms with Crippen molar-refractivity contribution in [1.82, 2.24) is 4.98 Å². The third-order valence-electron chi connectivity index (χ3n) is 3.26. The summed E-state index contributed by atoms with van der Waals surface area (Å²) in [5.41, 5.74) is 1.23. The molecule has 1 aromatic heterocycles. The minimum Gasteiger partial charge on any atom is -0.371 e. The molecular formula is C16H19F2N3. The molecule has 0 aliphatic rings. The van der Waals surface area contributed by atoms with Crippen LogP contribution in [0.2, 0.25) is 0 Å². The van der Waals surface area contributed by atoms with E-state index in [0.717, 1.165) is 18.9 Å². The molecule has 0 saturated heterocycles. The maximum Gasteiger partial charge on any atom is 0.168 e. The summed E-state index contributed by atoms with van der Waals surface area (Å²) in [7, 11) is 1.55. The zero-order valence-electron chi connectivity index (χ0n) is 12.2. The van der Waals surface area contributed by atoms with Gasteiger partial charge in [0, 0.05) is 19.2 Å². The molecule has 0 radical (unpaired) electrons. The van der Waals surface area contributed by atoms with E-state index >= 15 is 0 Å². The molecule has 3 nitrogen and oxygen atoms in total. The number of hydrogen-bond donors (Lipinski definition) is 2. The van der Waals surface area contributed by atoms with Gasteiger partial charge in [0.2, 0.25) is 0 Å². The number of benzene rings is 1. The van der Waals surface area contributed by atoms with Crippen molar-refractivity contribution >= 4 is 11.6 Å². The highest BCUT2D eigenvalue weighted by molar-refractivity contribution is 5.47. The van der Waals surface area contributed by atoms with Crippen LogP contribution in [0.3, 0.4) is 0 Å². The zero-order valence-corrected chi connectivity index (χ0v) is 12.2. The van der Waals surface area contributed by atoms with Gasteiger partial charge in [0.15, 0.2) is 23.3 Å². The van der Waals surface area contributed by atoms with Crippen LogP contribution in [0.1, 0.15) is 18.9 Å². The zero-order chi connectivity index (χ0) is 15.2. The number of aryl methyl sites for hydroxylation is 1. The number of aromatic nitrogens is 1. The topological polar surface area (TPSA) is 37.0 Å². The third-order valence-corrected chi connectivity index (χ3v) is 3.26. The highest BCUT2D eigenvalue weighted by Gasteiger charge is 2.13. The van der Waals surface area contributed by atoms with Gasteiger partial charge in [0.25, 0.3) is 0 Å². The molecular weight excluding hydrogens is 272 g/mol. The van der Waals surface area contributed by atoms with Crippen molar-refractivity contribution in [3.63, 3.8) is 0 Å². The van der Waals surface area contributed by atoms with Crippen LogP contribution in [0.5, 0.6) is 0 Å². The fourth-order valence-electron chi connectivity index (χ4n) is 2.08. The van der Waals surface area contributed by atoms with Gasteiger partial charge in [0.05, 0.1) is 0 Å². The van der Waals surface area contributed by atoms with Gasteiger partial charge in [-0.05, 0) is 25.3 Å². The lowest BCUT2D eigenvalue weighted by Gasteiger charge is -2.16. The van der Waals surface area contributed by atoms with Crippen LogP contribution in [0.4, 0.5) is 20.4 Å². The number of anilines is 2. The number of pyridine rings is 1. The van der Waals surface area contributed by atoms with Crippen molar-refractivity contribution in [2.75, 3.05) is 17.7 Å². The minimum absolute atomic E-state index is 0.0300. The molecule has 1 aromatic carbocycles. The average Bonchev–Trinajstić information content (AvgIpc) is 2.49. The molecule has 0 bridgehead atoms. The van der Waals surface area contributed by atoms with E-state index < -0.39 is 11.6 Å². The Labute approximate surface area is 123 Å². The summed E-state index contributed by atoms with van der Waals surface area (Å²) < 4.78 is 27.0. The Bertz CT molecular complexity index is 588. The largest absolute Gasteiger partial charge is 0.371 e. The van der Waals surface area contributed by atoms with Crippen LogP contribution >= 0.6 is 0 Å². The van der Waals surface area contributed by atoms with Gasteiger partial charge < -0.3 is 10.6 Å². The number of nitrogens with zero attached hydrogens (tertiary/aromatic N) is 1. The Balaban J connectivity index is 1.97. The second-order valence-electron chi connectivity index (χ2n) is 4.97. The second kappa shape index (κ2) is 7.02. The lowest BCUT2D eigenvalue weighted by atomic mass is 10.1. The Hall–Kier alpha value is -2.17. The Morgan fingerprint density at radius 2 is 1.76 bits per heavy atom. The predicted molar refractivity (Wildman–Crippen MR) is 81.5 cm³/mol. The number of halogens is 2. The Kier molecular flexibility index (Phi) is 5.09. The fourth-order valence-corrected chi connectivity index (χ4v) is 2.08.